The van der Waals surface area contributed by atoms with E-state index < -0.39 is 0 Å². The minimum atomic E-state index is -0.311. The van der Waals surface area contributed by atoms with Crippen LogP contribution in [0.15, 0.2) is 24.4 Å². The number of likely N-dealkylation sites (tertiary alicyclic amines) is 1. The monoisotopic (exact) mass is 335 g/mol. The van der Waals surface area contributed by atoms with Gasteiger partial charge in [0.15, 0.2) is 0 Å². The van der Waals surface area contributed by atoms with Crippen molar-refractivity contribution in [1.82, 2.24) is 14.7 Å². The lowest BCUT2D eigenvalue weighted by Gasteiger charge is -2.25. The van der Waals surface area contributed by atoms with Gasteiger partial charge in [0.25, 0.3) is 5.91 Å². The molecular weight excluding hydrogens is 317 g/mol. The SMILES string of the molecule is Cc1nn(C)cc1C(=O)N1CCC[C@H]1Cc1c(F)cccc1Cl. The van der Waals surface area contributed by atoms with Gasteiger partial charge in [-0.15, -0.1) is 0 Å². The Kier molecular flexibility index (Phi) is 4.39. The van der Waals surface area contributed by atoms with Crippen LogP contribution in [0.25, 0.3) is 0 Å². The second-order valence-electron chi connectivity index (χ2n) is 6.00. The molecule has 0 aliphatic carbocycles. The number of amides is 1. The molecule has 2 heterocycles. The highest BCUT2D eigenvalue weighted by atomic mass is 35.5. The van der Waals surface area contributed by atoms with Gasteiger partial charge >= 0.3 is 0 Å². The second kappa shape index (κ2) is 6.32. The van der Waals surface area contributed by atoms with Crippen LogP contribution in [-0.4, -0.2) is 33.2 Å². The summed E-state index contributed by atoms with van der Waals surface area (Å²) in [5.74, 6) is -0.347. The average Bonchev–Trinajstić information content (AvgIpc) is 3.08. The van der Waals surface area contributed by atoms with Crippen molar-refractivity contribution in [3.63, 3.8) is 0 Å². The summed E-state index contributed by atoms with van der Waals surface area (Å²) in [6.07, 6.45) is 3.96. The maximum Gasteiger partial charge on any atom is 0.257 e. The fraction of sp³-hybridized carbons (Fsp3) is 0.412. The van der Waals surface area contributed by atoms with E-state index in [1.807, 2.05) is 11.8 Å². The molecule has 0 radical (unpaired) electrons. The summed E-state index contributed by atoms with van der Waals surface area (Å²) < 4.78 is 15.7. The number of hydrogen-bond acceptors (Lipinski definition) is 2. The lowest BCUT2D eigenvalue weighted by Crippen LogP contribution is -2.37. The first-order valence-electron chi connectivity index (χ1n) is 7.71. The molecule has 1 saturated heterocycles. The van der Waals surface area contributed by atoms with E-state index in [4.69, 9.17) is 11.6 Å². The standard InChI is InChI=1S/C17H19ClFN3O/c1-11-14(10-21(2)20-11)17(23)22-8-4-5-12(22)9-13-15(18)6-3-7-16(13)19/h3,6-7,10,12H,4-5,8-9H2,1-2H3/t12-/m0/s1. The van der Waals surface area contributed by atoms with Crippen molar-refractivity contribution in [2.24, 2.45) is 7.05 Å². The summed E-state index contributed by atoms with van der Waals surface area (Å²) in [5, 5.41) is 4.65. The second-order valence-corrected chi connectivity index (χ2v) is 6.41. The number of rotatable bonds is 3. The van der Waals surface area contributed by atoms with Crippen LogP contribution in [0.2, 0.25) is 5.02 Å². The Morgan fingerprint density at radius 3 is 2.91 bits per heavy atom. The molecule has 4 nitrogen and oxygen atoms in total. The normalized spacial score (nSPS) is 17.7. The fourth-order valence-electron chi connectivity index (χ4n) is 3.24. The van der Waals surface area contributed by atoms with E-state index in [-0.39, 0.29) is 17.8 Å². The third-order valence-corrected chi connectivity index (χ3v) is 4.74. The van der Waals surface area contributed by atoms with Gasteiger partial charge in [-0.1, -0.05) is 17.7 Å². The molecule has 0 unspecified atom stereocenters. The highest BCUT2D eigenvalue weighted by molar-refractivity contribution is 6.31. The molecule has 0 spiro atoms. The smallest absolute Gasteiger partial charge is 0.257 e. The molecule has 2 aromatic rings. The van der Waals surface area contributed by atoms with E-state index in [1.165, 1.54) is 6.07 Å². The van der Waals surface area contributed by atoms with Crippen LogP contribution in [0.4, 0.5) is 4.39 Å². The first kappa shape index (κ1) is 16.0. The highest BCUT2D eigenvalue weighted by Gasteiger charge is 2.32. The molecular formula is C17H19ClFN3O. The molecule has 1 aromatic heterocycles. The zero-order valence-corrected chi connectivity index (χ0v) is 14.0. The van der Waals surface area contributed by atoms with Gasteiger partial charge in [-0.25, -0.2) is 4.39 Å². The van der Waals surface area contributed by atoms with Gasteiger partial charge in [-0.2, -0.15) is 5.10 Å². The van der Waals surface area contributed by atoms with Crippen LogP contribution >= 0.6 is 11.6 Å². The van der Waals surface area contributed by atoms with Crippen molar-refractivity contribution in [1.29, 1.82) is 0 Å². The predicted molar refractivity (Wildman–Crippen MR) is 87.1 cm³/mol. The van der Waals surface area contributed by atoms with Gasteiger partial charge in [0.1, 0.15) is 5.82 Å². The maximum atomic E-state index is 14.0. The third-order valence-electron chi connectivity index (χ3n) is 4.38. The van der Waals surface area contributed by atoms with Gasteiger partial charge in [-0.3, -0.25) is 9.48 Å². The van der Waals surface area contributed by atoms with E-state index in [0.717, 1.165) is 12.8 Å². The molecule has 0 N–H and O–H groups in total. The molecule has 23 heavy (non-hydrogen) atoms. The predicted octanol–water partition coefficient (Wildman–Crippen LogP) is 3.37. The molecule has 3 rings (SSSR count). The molecule has 1 aromatic carbocycles. The molecule has 122 valence electrons. The van der Waals surface area contributed by atoms with Crippen LogP contribution in [0.1, 0.15) is 34.5 Å². The Balaban J connectivity index is 1.83. The molecule has 1 atom stereocenters. The lowest BCUT2D eigenvalue weighted by atomic mass is 10.0. The topological polar surface area (TPSA) is 38.1 Å². The largest absolute Gasteiger partial charge is 0.335 e. The zero-order chi connectivity index (χ0) is 16.6. The Labute approximate surface area is 139 Å². The minimum absolute atomic E-state index is 0.0310. The third kappa shape index (κ3) is 3.11. The molecule has 1 fully saturated rings. The summed E-state index contributed by atoms with van der Waals surface area (Å²) in [5.41, 5.74) is 1.81. The quantitative estimate of drug-likeness (QED) is 0.862. The maximum absolute atomic E-state index is 14.0. The van der Waals surface area contributed by atoms with Crippen molar-refractivity contribution >= 4 is 17.5 Å². The number of nitrogens with zero attached hydrogens (tertiary/aromatic N) is 3. The van der Waals surface area contributed by atoms with Gasteiger partial charge in [-0.05, 0) is 38.3 Å². The number of halogens is 2. The van der Waals surface area contributed by atoms with E-state index in [2.05, 4.69) is 5.10 Å². The number of hydrogen-bond donors (Lipinski definition) is 0. The van der Waals surface area contributed by atoms with Gasteiger partial charge < -0.3 is 4.90 Å². The van der Waals surface area contributed by atoms with Gasteiger partial charge in [0.2, 0.25) is 0 Å². The molecule has 6 heteroatoms. The fourth-order valence-corrected chi connectivity index (χ4v) is 3.48. The van der Waals surface area contributed by atoms with Crippen LogP contribution in [-0.2, 0) is 13.5 Å². The average molecular weight is 336 g/mol. The first-order chi connectivity index (χ1) is 11.0. The van der Waals surface area contributed by atoms with Crippen LogP contribution < -0.4 is 0 Å². The summed E-state index contributed by atoms with van der Waals surface area (Å²) in [7, 11) is 1.80. The molecule has 0 bridgehead atoms. The molecule has 1 amide bonds. The van der Waals surface area contributed by atoms with Crippen molar-refractivity contribution in [2.45, 2.75) is 32.2 Å². The van der Waals surface area contributed by atoms with Crippen molar-refractivity contribution < 1.29 is 9.18 Å². The van der Waals surface area contributed by atoms with Crippen molar-refractivity contribution in [3.05, 3.63) is 52.1 Å². The number of benzene rings is 1. The van der Waals surface area contributed by atoms with E-state index in [9.17, 15) is 9.18 Å². The first-order valence-corrected chi connectivity index (χ1v) is 8.09. The van der Waals surface area contributed by atoms with Crippen molar-refractivity contribution in [3.8, 4) is 0 Å². The van der Waals surface area contributed by atoms with Gasteiger partial charge in [0.05, 0.1) is 11.3 Å². The Bertz CT molecular complexity index is 723. The zero-order valence-electron chi connectivity index (χ0n) is 13.2. The number of aromatic nitrogens is 2. The van der Waals surface area contributed by atoms with Crippen LogP contribution in [0.5, 0.6) is 0 Å². The number of aryl methyl sites for hydroxylation is 2. The van der Waals surface area contributed by atoms with E-state index in [0.29, 0.717) is 34.8 Å². The highest BCUT2D eigenvalue weighted by Crippen LogP contribution is 2.28. The summed E-state index contributed by atoms with van der Waals surface area (Å²) >= 11 is 6.12. The summed E-state index contributed by atoms with van der Waals surface area (Å²) in [6.45, 7) is 2.51. The lowest BCUT2D eigenvalue weighted by molar-refractivity contribution is 0.0735. The van der Waals surface area contributed by atoms with Crippen LogP contribution in [0, 0.1) is 12.7 Å². The van der Waals surface area contributed by atoms with Crippen LogP contribution in [0.3, 0.4) is 0 Å². The molecule has 1 aliphatic heterocycles. The minimum Gasteiger partial charge on any atom is -0.335 e. The van der Waals surface area contributed by atoms with Gasteiger partial charge in [0, 0.05) is 36.4 Å². The molecule has 0 saturated carbocycles. The Morgan fingerprint density at radius 2 is 2.26 bits per heavy atom. The van der Waals surface area contributed by atoms with E-state index in [1.54, 1.807) is 30.1 Å². The number of carbonyl (C=O) groups excluding carboxylic acids is 1. The number of carbonyl (C=O) groups is 1. The van der Waals surface area contributed by atoms with E-state index >= 15 is 0 Å². The Morgan fingerprint density at radius 1 is 1.48 bits per heavy atom. The van der Waals surface area contributed by atoms with Crippen molar-refractivity contribution in [2.75, 3.05) is 6.54 Å². The summed E-state index contributed by atoms with van der Waals surface area (Å²) in [4.78, 5) is 14.6. The molecule has 1 aliphatic rings. The Hall–Kier alpha value is -1.88. The summed E-state index contributed by atoms with van der Waals surface area (Å²) in [6, 6.07) is 4.66.